The number of likely N-dealkylation sites (N-methyl/N-ethyl adjacent to an activating group) is 1. The van der Waals surface area contributed by atoms with Crippen molar-refractivity contribution in [2.75, 3.05) is 51.5 Å². The van der Waals surface area contributed by atoms with Gasteiger partial charge in [-0.15, -0.1) is 0 Å². The van der Waals surface area contributed by atoms with E-state index in [-0.39, 0.29) is 17.7 Å². The molecular weight excluding hydrogens is 380 g/mol. The van der Waals surface area contributed by atoms with Crippen LogP contribution in [0.1, 0.15) is 36.4 Å². The van der Waals surface area contributed by atoms with Crippen LogP contribution in [-0.4, -0.2) is 62.9 Å². The Morgan fingerprint density at radius 1 is 1.07 bits per heavy atom. The summed E-state index contributed by atoms with van der Waals surface area (Å²) in [5.41, 5.74) is 2.69. The van der Waals surface area contributed by atoms with Crippen molar-refractivity contribution < 1.29 is 14.0 Å². The van der Waals surface area contributed by atoms with E-state index >= 15 is 0 Å². The average molecular weight is 415 g/mol. The molecule has 0 aliphatic rings. The van der Waals surface area contributed by atoms with E-state index < -0.39 is 0 Å². The maximum Gasteiger partial charge on any atom is 0.289 e. The number of benzene rings is 1. The van der Waals surface area contributed by atoms with Gasteiger partial charge in [-0.3, -0.25) is 9.59 Å². The first kappa shape index (κ1) is 23.5. The lowest BCUT2D eigenvalue weighted by Crippen LogP contribution is -2.36. The molecule has 0 radical (unpaired) electrons. The summed E-state index contributed by atoms with van der Waals surface area (Å²) in [6.07, 6.45) is 1.98. The van der Waals surface area contributed by atoms with Crippen LogP contribution >= 0.6 is 0 Å². The number of nitrogens with one attached hydrogen (secondary N) is 1. The molecule has 0 unspecified atom stereocenters. The van der Waals surface area contributed by atoms with Gasteiger partial charge < -0.3 is 24.4 Å². The zero-order valence-corrected chi connectivity index (χ0v) is 18.9. The SMILES string of the molecule is CC(C)CC(=O)Nc1ccc(N(C)C)c(CN(CCN(C)C)C(=O)c2ccco2)c1. The molecule has 7 nitrogen and oxygen atoms in total. The molecule has 0 spiro atoms. The van der Waals surface area contributed by atoms with Crippen LogP contribution < -0.4 is 10.2 Å². The second-order valence-corrected chi connectivity index (χ2v) is 8.39. The van der Waals surface area contributed by atoms with Gasteiger partial charge in [0.25, 0.3) is 5.91 Å². The Balaban J connectivity index is 2.30. The minimum absolute atomic E-state index is 0.00956. The fourth-order valence-electron chi connectivity index (χ4n) is 3.14. The monoisotopic (exact) mass is 414 g/mol. The molecule has 0 saturated heterocycles. The zero-order valence-electron chi connectivity index (χ0n) is 18.9. The summed E-state index contributed by atoms with van der Waals surface area (Å²) >= 11 is 0. The molecule has 1 heterocycles. The van der Waals surface area contributed by atoms with Gasteiger partial charge in [0.05, 0.1) is 6.26 Å². The van der Waals surface area contributed by atoms with Crippen LogP contribution in [0.25, 0.3) is 0 Å². The number of hydrogen-bond donors (Lipinski definition) is 1. The summed E-state index contributed by atoms with van der Waals surface area (Å²) in [7, 11) is 7.89. The summed E-state index contributed by atoms with van der Waals surface area (Å²) in [5, 5.41) is 2.97. The highest BCUT2D eigenvalue weighted by Gasteiger charge is 2.21. The number of amides is 2. The van der Waals surface area contributed by atoms with Crippen molar-refractivity contribution in [2.24, 2.45) is 5.92 Å². The zero-order chi connectivity index (χ0) is 22.3. The van der Waals surface area contributed by atoms with Gasteiger partial charge in [-0.05, 0) is 55.9 Å². The van der Waals surface area contributed by atoms with Crippen molar-refractivity contribution in [3.8, 4) is 0 Å². The van der Waals surface area contributed by atoms with Crippen LogP contribution in [0.2, 0.25) is 0 Å². The number of nitrogens with zero attached hydrogens (tertiary/aromatic N) is 3. The summed E-state index contributed by atoms with van der Waals surface area (Å²) in [6, 6.07) is 9.22. The Hall–Kier alpha value is -2.80. The maximum absolute atomic E-state index is 13.0. The highest BCUT2D eigenvalue weighted by Crippen LogP contribution is 2.25. The first-order valence-corrected chi connectivity index (χ1v) is 10.2. The molecular formula is C23H34N4O3. The van der Waals surface area contributed by atoms with Crippen LogP contribution in [0.3, 0.4) is 0 Å². The van der Waals surface area contributed by atoms with E-state index in [0.29, 0.717) is 25.3 Å². The van der Waals surface area contributed by atoms with Gasteiger partial charge in [0.2, 0.25) is 5.91 Å². The molecule has 1 aromatic carbocycles. The molecule has 2 aromatic rings. The van der Waals surface area contributed by atoms with Crippen molar-refractivity contribution >= 4 is 23.2 Å². The summed E-state index contributed by atoms with van der Waals surface area (Å²) in [6.45, 7) is 5.73. The van der Waals surface area contributed by atoms with Gasteiger partial charge in [0, 0.05) is 51.5 Å². The lowest BCUT2D eigenvalue weighted by atomic mass is 10.1. The van der Waals surface area contributed by atoms with Gasteiger partial charge in [0.1, 0.15) is 0 Å². The molecule has 0 atom stereocenters. The van der Waals surface area contributed by atoms with E-state index in [2.05, 4.69) is 5.32 Å². The fourth-order valence-corrected chi connectivity index (χ4v) is 3.14. The van der Waals surface area contributed by atoms with Gasteiger partial charge >= 0.3 is 0 Å². The van der Waals surface area contributed by atoms with E-state index in [1.807, 2.05) is 70.0 Å². The molecule has 1 N–H and O–H groups in total. The summed E-state index contributed by atoms with van der Waals surface area (Å²) in [5.74, 6) is 0.449. The second-order valence-electron chi connectivity index (χ2n) is 8.39. The number of carbonyl (C=O) groups is 2. The van der Waals surface area contributed by atoms with Crippen molar-refractivity contribution in [1.29, 1.82) is 0 Å². The van der Waals surface area contributed by atoms with Crippen LogP contribution in [0.5, 0.6) is 0 Å². The third kappa shape index (κ3) is 6.91. The Bertz CT molecular complexity index is 829. The van der Waals surface area contributed by atoms with Crippen LogP contribution in [0.15, 0.2) is 41.0 Å². The first-order valence-electron chi connectivity index (χ1n) is 10.2. The fraction of sp³-hybridized carbons (Fsp3) is 0.478. The van der Waals surface area contributed by atoms with E-state index in [1.165, 1.54) is 6.26 Å². The number of rotatable bonds is 10. The van der Waals surface area contributed by atoms with E-state index in [1.54, 1.807) is 17.0 Å². The maximum atomic E-state index is 13.0. The van der Waals surface area contributed by atoms with Crippen LogP contribution in [0.4, 0.5) is 11.4 Å². The standard InChI is InChI=1S/C23H34N4O3/c1-17(2)14-22(28)24-19-9-10-20(26(5)6)18(15-19)16-27(12-11-25(3)4)23(29)21-8-7-13-30-21/h7-10,13,15,17H,11-12,14,16H2,1-6H3,(H,24,28). The normalized spacial score (nSPS) is 11.1. The number of carbonyl (C=O) groups excluding carboxylic acids is 2. The molecule has 164 valence electrons. The smallest absolute Gasteiger partial charge is 0.289 e. The third-order valence-electron chi connectivity index (χ3n) is 4.64. The quantitative estimate of drug-likeness (QED) is 0.644. The molecule has 0 saturated carbocycles. The molecule has 30 heavy (non-hydrogen) atoms. The molecule has 2 amide bonds. The third-order valence-corrected chi connectivity index (χ3v) is 4.64. The molecule has 1 aromatic heterocycles. The van der Waals surface area contributed by atoms with E-state index in [0.717, 1.165) is 23.5 Å². The van der Waals surface area contributed by atoms with Crippen molar-refractivity contribution in [1.82, 2.24) is 9.80 Å². The number of furan rings is 1. The average Bonchev–Trinajstić information content (AvgIpc) is 3.18. The second kappa shape index (κ2) is 10.8. The van der Waals surface area contributed by atoms with Gasteiger partial charge in [-0.1, -0.05) is 13.8 Å². The predicted octanol–water partition coefficient (Wildman–Crippen LogP) is 3.53. The molecule has 2 rings (SSSR count). The van der Waals surface area contributed by atoms with Crippen molar-refractivity contribution in [3.63, 3.8) is 0 Å². The minimum atomic E-state index is -0.152. The molecule has 7 heteroatoms. The largest absolute Gasteiger partial charge is 0.459 e. The van der Waals surface area contributed by atoms with Crippen molar-refractivity contribution in [3.05, 3.63) is 47.9 Å². The van der Waals surface area contributed by atoms with E-state index in [9.17, 15) is 9.59 Å². The van der Waals surface area contributed by atoms with E-state index in [4.69, 9.17) is 4.42 Å². The first-order chi connectivity index (χ1) is 14.2. The molecule has 0 bridgehead atoms. The summed E-state index contributed by atoms with van der Waals surface area (Å²) < 4.78 is 5.34. The topological polar surface area (TPSA) is 69.0 Å². The Kier molecular flexibility index (Phi) is 8.47. The Labute approximate surface area is 179 Å². The Morgan fingerprint density at radius 2 is 1.80 bits per heavy atom. The van der Waals surface area contributed by atoms with Gasteiger partial charge in [-0.2, -0.15) is 0 Å². The van der Waals surface area contributed by atoms with Crippen LogP contribution in [0, 0.1) is 5.92 Å². The van der Waals surface area contributed by atoms with Crippen molar-refractivity contribution in [2.45, 2.75) is 26.8 Å². The molecule has 0 fully saturated rings. The highest BCUT2D eigenvalue weighted by atomic mass is 16.3. The van der Waals surface area contributed by atoms with Gasteiger partial charge in [-0.25, -0.2) is 0 Å². The molecule has 0 aliphatic heterocycles. The lowest BCUT2D eigenvalue weighted by molar-refractivity contribution is -0.116. The Morgan fingerprint density at radius 3 is 2.37 bits per heavy atom. The number of anilines is 2. The highest BCUT2D eigenvalue weighted by molar-refractivity contribution is 5.92. The van der Waals surface area contributed by atoms with Gasteiger partial charge in [0.15, 0.2) is 5.76 Å². The lowest BCUT2D eigenvalue weighted by Gasteiger charge is -2.27. The predicted molar refractivity (Wildman–Crippen MR) is 121 cm³/mol. The summed E-state index contributed by atoms with van der Waals surface area (Å²) in [4.78, 5) is 31.1. The van der Waals surface area contributed by atoms with Crippen LogP contribution in [-0.2, 0) is 11.3 Å². The number of hydrogen-bond acceptors (Lipinski definition) is 5. The minimum Gasteiger partial charge on any atom is -0.459 e. The molecule has 0 aliphatic carbocycles.